The molecule has 0 aliphatic rings. The number of aliphatic hydroxyl groups is 1. The molecule has 2 aromatic heterocycles. The van der Waals surface area contributed by atoms with Gasteiger partial charge in [-0.3, -0.25) is 0 Å². The third-order valence-electron chi connectivity index (χ3n) is 2.31. The van der Waals surface area contributed by atoms with E-state index >= 15 is 0 Å². The van der Waals surface area contributed by atoms with Crippen LogP contribution in [-0.2, 0) is 6.18 Å². The molecule has 0 aliphatic heterocycles. The van der Waals surface area contributed by atoms with Crippen molar-refractivity contribution >= 4 is 5.78 Å². The molecular formula is C9H10F3N5O. The maximum atomic E-state index is 12.4. The standard InChI is InChI=1S/C9H10F3N5O/c1-4(13)6(18)5-2-14-8-15-7(9(10,11)12)16-17(8)3-5/h2-4,6,18H,13H2,1H3. The number of halogens is 3. The smallest absolute Gasteiger partial charge is 0.387 e. The fourth-order valence-electron chi connectivity index (χ4n) is 1.37. The number of hydrogen-bond donors (Lipinski definition) is 2. The Morgan fingerprint density at radius 1 is 1.44 bits per heavy atom. The van der Waals surface area contributed by atoms with Gasteiger partial charge >= 0.3 is 6.18 Å². The fraction of sp³-hybridized carbons (Fsp3) is 0.444. The molecule has 98 valence electrons. The van der Waals surface area contributed by atoms with Crippen molar-refractivity contribution < 1.29 is 18.3 Å². The molecule has 2 aromatic rings. The van der Waals surface area contributed by atoms with Crippen LogP contribution in [0.3, 0.4) is 0 Å². The predicted molar refractivity (Wildman–Crippen MR) is 54.4 cm³/mol. The Bertz CT molecular complexity index is 565. The van der Waals surface area contributed by atoms with Crippen molar-refractivity contribution in [2.24, 2.45) is 5.73 Å². The van der Waals surface area contributed by atoms with Gasteiger partial charge in [0.15, 0.2) is 0 Å². The summed E-state index contributed by atoms with van der Waals surface area (Å²) in [5, 5.41) is 12.9. The highest BCUT2D eigenvalue weighted by Crippen LogP contribution is 2.26. The predicted octanol–water partition coefficient (Wildman–Crippen LogP) is 0.524. The second-order valence-corrected chi connectivity index (χ2v) is 3.87. The van der Waals surface area contributed by atoms with Crippen molar-refractivity contribution in [3.05, 3.63) is 23.8 Å². The highest BCUT2D eigenvalue weighted by molar-refractivity contribution is 5.29. The van der Waals surface area contributed by atoms with Gasteiger partial charge in [0.05, 0.1) is 6.10 Å². The SMILES string of the molecule is CC(N)C(O)c1cnc2nc(C(F)(F)F)nn2c1. The quantitative estimate of drug-likeness (QED) is 0.822. The molecule has 2 unspecified atom stereocenters. The second-order valence-electron chi connectivity index (χ2n) is 3.87. The molecule has 0 saturated heterocycles. The van der Waals surface area contributed by atoms with Crippen molar-refractivity contribution in [2.75, 3.05) is 0 Å². The zero-order valence-electron chi connectivity index (χ0n) is 9.26. The molecule has 18 heavy (non-hydrogen) atoms. The zero-order chi connectivity index (χ0) is 13.5. The molecule has 9 heteroatoms. The Morgan fingerprint density at radius 2 is 2.11 bits per heavy atom. The van der Waals surface area contributed by atoms with Crippen LogP contribution in [0.25, 0.3) is 5.78 Å². The highest BCUT2D eigenvalue weighted by atomic mass is 19.4. The van der Waals surface area contributed by atoms with Crippen molar-refractivity contribution in [1.29, 1.82) is 0 Å². The number of nitrogens with zero attached hydrogens (tertiary/aromatic N) is 4. The van der Waals surface area contributed by atoms with Crippen molar-refractivity contribution in [2.45, 2.75) is 25.2 Å². The number of hydrogen-bond acceptors (Lipinski definition) is 5. The van der Waals surface area contributed by atoms with E-state index in [0.717, 1.165) is 4.52 Å². The van der Waals surface area contributed by atoms with Gasteiger partial charge in [0.2, 0.25) is 0 Å². The van der Waals surface area contributed by atoms with Crippen LogP contribution in [0.5, 0.6) is 0 Å². The Hall–Kier alpha value is -1.74. The third kappa shape index (κ3) is 2.27. The lowest BCUT2D eigenvalue weighted by Gasteiger charge is -2.13. The fourth-order valence-corrected chi connectivity index (χ4v) is 1.37. The molecule has 2 rings (SSSR count). The van der Waals surface area contributed by atoms with E-state index in [1.807, 2.05) is 0 Å². The Kier molecular flexibility index (Phi) is 2.95. The summed E-state index contributed by atoms with van der Waals surface area (Å²) in [6.45, 7) is 1.57. The van der Waals surface area contributed by atoms with E-state index in [2.05, 4.69) is 15.1 Å². The van der Waals surface area contributed by atoms with Crippen LogP contribution in [0.1, 0.15) is 24.4 Å². The summed E-state index contributed by atoms with van der Waals surface area (Å²) in [7, 11) is 0. The molecule has 3 N–H and O–H groups in total. The lowest BCUT2D eigenvalue weighted by molar-refractivity contribution is -0.144. The first-order valence-electron chi connectivity index (χ1n) is 5.02. The summed E-state index contributed by atoms with van der Waals surface area (Å²) in [5.74, 6) is -1.47. The minimum absolute atomic E-state index is 0.192. The average molecular weight is 261 g/mol. The first-order valence-corrected chi connectivity index (χ1v) is 5.02. The summed E-state index contributed by atoms with van der Waals surface area (Å²) >= 11 is 0. The molecule has 2 heterocycles. The number of aromatic nitrogens is 4. The van der Waals surface area contributed by atoms with Gasteiger partial charge in [0, 0.05) is 24.0 Å². The Labute approximate surface area is 99.3 Å². The largest absolute Gasteiger partial charge is 0.453 e. The van der Waals surface area contributed by atoms with E-state index in [1.165, 1.54) is 12.4 Å². The molecule has 2 atom stereocenters. The van der Waals surface area contributed by atoms with Gasteiger partial charge in [-0.05, 0) is 6.92 Å². The molecule has 0 fully saturated rings. The molecule has 6 nitrogen and oxygen atoms in total. The van der Waals surface area contributed by atoms with Gasteiger partial charge < -0.3 is 10.8 Å². The summed E-state index contributed by atoms with van der Waals surface area (Å²) in [6, 6.07) is -0.574. The van der Waals surface area contributed by atoms with Crippen LogP contribution in [-0.4, -0.2) is 30.7 Å². The van der Waals surface area contributed by atoms with E-state index in [4.69, 9.17) is 5.73 Å². The van der Waals surface area contributed by atoms with Gasteiger partial charge in [-0.15, -0.1) is 5.10 Å². The first kappa shape index (κ1) is 12.7. The lowest BCUT2D eigenvalue weighted by atomic mass is 10.1. The maximum absolute atomic E-state index is 12.4. The van der Waals surface area contributed by atoms with Crippen molar-refractivity contribution in [3.8, 4) is 0 Å². The van der Waals surface area contributed by atoms with Gasteiger partial charge in [0.25, 0.3) is 11.6 Å². The van der Waals surface area contributed by atoms with Crippen LogP contribution >= 0.6 is 0 Å². The van der Waals surface area contributed by atoms with Gasteiger partial charge in [0.1, 0.15) is 0 Å². The highest BCUT2D eigenvalue weighted by Gasteiger charge is 2.36. The third-order valence-corrected chi connectivity index (χ3v) is 2.31. The van der Waals surface area contributed by atoms with Crippen LogP contribution in [0.15, 0.2) is 12.4 Å². The van der Waals surface area contributed by atoms with E-state index in [1.54, 1.807) is 6.92 Å². The number of rotatable bonds is 2. The molecule has 0 spiro atoms. The number of fused-ring (bicyclic) bond motifs is 1. The Morgan fingerprint density at radius 3 is 2.67 bits per heavy atom. The zero-order valence-corrected chi connectivity index (χ0v) is 9.26. The number of alkyl halides is 3. The normalized spacial score (nSPS) is 15.9. The number of aliphatic hydroxyl groups excluding tert-OH is 1. The van der Waals surface area contributed by atoms with E-state index in [-0.39, 0.29) is 11.3 Å². The van der Waals surface area contributed by atoms with E-state index in [9.17, 15) is 18.3 Å². The number of nitrogens with two attached hydrogens (primary N) is 1. The first-order chi connectivity index (χ1) is 8.29. The van der Waals surface area contributed by atoms with Gasteiger partial charge in [-0.2, -0.15) is 18.2 Å². The summed E-state index contributed by atoms with van der Waals surface area (Å²) in [5.41, 5.74) is 5.76. The molecule has 0 radical (unpaired) electrons. The molecule has 0 amide bonds. The summed E-state index contributed by atoms with van der Waals surface area (Å²) in [4.78, 5) is 6.92. The monoisotopic (exact) mass is 261 g/mol. The molecule has 0 saturated carbocycles. The molecule has 0 aromatic carbocycles. The molecule has 0 bridgehead atoms. The van der Waals surface area contributed by atoms with Crippen molar-refractivity contribution in [3.63, 3.8) is 0 Å². The van der Waals surface area contributed by atoms with Gasteiger partial charge in [-0.1, -0.05) is 0 Å². The minimum Gasteiger partial charge on any atom is -0.387 e. The summed E-state index contributed by atoms with van der Waals surface area (Å²) < 4.78 is 38.0. The topological polar surface area (TPSA) is 89.3 Å². The lowest BCUT2D eigenvalue weighted by Crippen LogP contribution is -2.24. The molecule has 0 aliphatic carbocycles. The van der Waals surface area contributed by atoms with Crippen LogP contribution < -0.4 is 5.73 Å². The molecular weight excluding hydrogens is 251 g/mol. The maximum Gasteiger partial charge on any atom is 0.453 e. The Balaban J connectivity index is 2.46. The van der Waals surface area contributed by atoms with Gasteiger partial charge in [-0.25, -0.2) is 9.50 Å². The van der Waals surface area contributed by atoms with Crippen molar-refractivity contribution in [1.82, 2.24) is 19.6 Å². The van der Waals surface area contributed by atoms with Crippen LogP contribution in [0.2, 0.25) is 0 Å². The van der Waals surface area contributed by atoms with E-state index < -0.39 is 24.1 Å². The minimum atomic E-state index is -4.63. The van der Waals surface area contributed by atoms with E-state index in [0.29, 0.717) is 0 Å². The summed E-state index contributed by atoms with van der Waals surface area (Å²) in [6.07, 6.45) is -3.22. The van der Waals surface area contributed by atoms with Crippen LogP contribution in [0.4, 0.5) is 13.2 Å². The van der Waals surface area contributed by atoms with Crippen LogP contribution in [0, 0.1) is 0 Å². The average Bonchev–Trinajstić information content (AvgIpc) is 2.69. The second kappa shape index (κ2) is 4.18.